The zero-order valence-corrected chi connectivity index (χ0v) is 11.2. The molecule has 0 bridgehead atoms. The fourth-order valence-electron chi connectivity index (χ4n) is 1.52. The van der Waals surface area contributed by atoms with Crippen molar-refractivity contribution >= 4 is 23.2 Å². The minimum atomic E-state index is 0.308. The third-order valence-corrected chi connectivity index (χ3v) is 3.09. The van der Waals surface area contributed by atoms with Crippen molar-refractivity contribution in [2.24, 2.45) is 0 Å². The Labute approximate surface area is 107 Å². The van der Waals surface area contributed by atoms with Gasteiger partial charge in [-0.25, -0.2) is 9.97 Å². The Kier molecular flexibility index (Phi) is 5.44. The number of hydrogen-bond acceptors (Lipinski definition) is 5. The lowest BCUT2D eigenvalue weighted by molar-refractivity contribution is 0.203. The molecule has 1 rings (SSSR count). The molecule has 1 unspecified atom stereocenters. The molecule has 1 heterocycles. The van der Waals surface area contributed by atoms with Crippen molar-refractivity contribution < 1.29 is 4.74 Å². The molecule has 0 fully saturated rings. The summed E-state index contributed by atoms with van der Waals surface area (Å²) >= 11 is 6.14. The number of halogens is 1. The van der Waals surface area contributed by atoms with Gasteiger partial charge in [0.1, 0.15) is 17.2 Å². The minimum Gasteiger partial charge on any atom is -0.383 e. The standard InChI is InChI=1S/C11H19ClN4O/c1-4-8(2)16(5-6-17-3)11-9(12)10(13)14-7-15-11/h7-8H,4-6H2,1-3H3,(H2,13,14,15). The predicted octanol–water partition coefficient (Wildman–Crippen LogP) is 1.96. The second-order valence-corrected chi connectivity index (χ2v) is 4.22. The molecule has 17 heavy (non-hydrogen) atoms. The Morgan fingerprint density at radius 3 is 2.82 bits per heavy atom. The van der Waals surface area contributed by atoms with Gasteiger partial charge in [0.2, 0.25) is 0 Å². The Bertz CT molecular complexity index is 361. The third kappa shape index (κ3) is 3.44. The molecule has 1 aromatic heterocycles. The Hall–Kier alpha value is -1.07. The maximum Gasteiger partial charge on any atom is 0.153 e. The molecule has 1 aromatic rings. The molecular weight excluding hydrogens is 240 g/mol. The Balaban J connectivity index is 2.99. The van der Waals surface area contributed by atoms with Crippen LogP contribution in [0.1, 0.15) is 20.3 Å². The summed E-state index contributed by atoms with van der Waals surface area (Å²) in [5.74, 6) is 0.980. The van der Waals surface area contributed by atoms with E-state index in [0.717, 1.165) is 13.0 Å². The first-order valence-electron chi connectivity index (χ1n) is 5.63. The topological polar surface area (TPSA) is 64.3 Å². The molecule has 0 spiro atoms. The average molecular weight is 259 g/mol. The van der Waals surface area contributed by atoms with E-state index in [0.29, 0.717) is 29.3 Å². The number of aromatic nitrogens is 2. The first-order valence-corrected chi connectivity index (χ1v) is 6.01. The van der Waals surface area contributed by atoms with Crippen molar-refractivity contribution in [2.75, 3.05) is 30.9 Å². The molecule has 0 aliphatic carbocycles. The van der Waals surface area contributed by atoms with Gasteiger partial charge < -0.3 is 15.4 Å². The largest absolute Gasteiger partial charge is 0.383 e. The summed E-state index contributed by atoms with van der Waals surface area (Å²) in [5.41, 5.74) is 5.69. The molecule has 0 saturated heterocycles. The van der Waals surface area contributed by atoms with Crippen LogP contribution in [0.15, 0.2) is 6.33 Å². The monoisotopic (exact) mass is 258 g/mol. The maximum atomic E-state index is 6.14. The molecule has 1 atom stereocenters. The van der Waals surface area contributed by atoms with Crippen LogP contribution < -0.4 is 10.6 Å². The van der Waals surface area contributed by atoms with Gasteiger partial charge in [0.25, 0.3) is 0 Å². The third-order valence-electron chi connectivity index (χ3n) is 2.73. The van der Waals surface area contributed by atoms with Crippen molar-refractivity contribution in [3.05, 3.63) is 11.3 Å². The normalized spacial score (nSPS) is 12.5. The van der Waals surface area contributed by atoms with Crippen molar-refractivity contribution in [1.82, 2.24) is 9.97 Å². The number of rotatable bonds is 6. The fraction of sp³-hybridized carbons (Fsp3) is 0.636. The highest BCUT2D eigenvalue weighted by Gasteiger charge is 2.18. The van der Waals surface area contributed by atoms with Gasteiger partial charge in [-0.2, -0.15) is 0 Å². The molecule has 5 nitrogen and oxygen atoms in total. The highest BCUT2D eigenvalue weighted by Crippen LogP contribution is 2.28. The first kappa shape index (κ1) is 14.0. The van der Waals surface area contributed by atoms with Gasteiger partial charge in [-0.15, -0.1) is 0 Å². The van der Waals surface area contributed by atoms with Gasteiger partial charge in [-0.3, -0.25) is 0 Å². The molecule has 0 aliphatic heterocycles. The molecule has 0 aliphatic rings. The highest BCUT2D eigenvalue weighted by atomic mass is 35.5. The number of methoxy groups -OCH3 is 1. The molecule has 96 valence electrons. The van der Waals surface area contributed by atoms with Gasteiger partial charge in [-0.05, 0) is 13.3 Å². The van der Waals surface area contributed by atoms with Crippen molar-refractivity contribution in [2.45, 2.75) is 26.3 Å². The van der Waals surface area contributed by atoms with E-state index in [1.54, 1.807) is 7.11 Å². The number of nitrogens with two attached hydrogens (primary N) is 1. The molecule has 0 saturated carbocycles. The van der Waals surface area contributed by atoms with E-state index in [2.05, 4.69) is 28.7 Å². The predicted molar refractivity (Wildman–Crippen MR) is 70.4 cm³/mol. The summed E-state index contributed by atoms with van der Waals surface area (Å²) in [5, 5.41) is 0.406. The van der Waals surface area contributed by atoms with Gasteiger partial charge in [0, 0.05) is 19.7 Å². The van der Waals surface area contributed by atoms with Gasteiger partial charge in [-0.1, -0.05) is 18.5 Å². The van der Waals surface area contributed by atoms with Gasteiger partial charge in [0.15, 0.2) is 5.82 Å². The summed E-state index contributed by atoms with van der Waals surface area (Å²) < 4.78 is 5.10. The van der Waals surface area contributed by atoms with E-state index < -0.39 is 0 Å². The molecular formula is C11H19ClN4O. The average Bonchev–Trinajstić information content (AvgIpc) is 2.34. The number of anilines is 2. The minimum absolute atomic E-state index is 0.308. The van der Waals surface area contributed by atoms with Crippen LogP contribution in [0.3, 0.4) is 0 Å². The number of nitrogens with zero attached hydrogens (tertiary/aromatic N) is 3. The SMILES string of the molecule is CCC(C)N(CCOC)c1ncnc(N)c1Cl. The summed E-state index contributed by atoms with van der Waals surface area (Å²) in [6.07, 6.45) is 2.42. The van der Waals surface area contributed by atoms with Crippen LogP contribution in [-0.4, -0.2) is 36.3 Å². The molecule has 6 heteroatoms. The van der Waals surface area contributed by atoms with E-state index >= 15 is 0 Å². The van der Waals surface area contributed by atoms with Gasteiger partial charge >= 0.3 is 0 Å². The lowest BCUT2D eigenvalue weighted by Crippen LogP contribution is -2.36. The molecule has 0 radical (unpaired) electrons. The zero-order valence-electron chi connectivity index (χ0n) is 10.5. The summed E-state index contributed by atoms with van der Waals surface area (Å²) in [7, 11) is 1.67. The zero-order chi connectivity index (χ0) is 12.8. The van der Waals surface area contributed by atoms with Crippen LogP contribution in [0.4, 0.5) is 11.6 Å². The van der Waals surface area contributed by atoms with E-state index in [4.69, 9.17) is 22.1 Å². The Morgan fingerprint density at radius 1 is 1.53 bits per heavy atom. The quantitative estimate of drug-likeness (QED) is 0.845. The second kappa shape index (κ2) is 6.61. The van der Waals surface area contributed by atoms with Crippen LogP contribution in [0.5, 0.6) is 0 Å². The van der Waals surface area contributed by atoms with E-state index in [-0.39, 0.29) is 0 Å². The summed E-state index contributed by atoms with van der Waals surface area (Å²) in [4.78, 5) is 10.2. The van der Waals surface area contributed by atoms with Crippen LogP contribution in [0.2, 0.25) is 5.02 Å². The smallest absolute Gasteiger partial charge is 0.153 e. The summed E-state index contributed by atoms with van der Waals surface area (Å²) in [6.45, 7) is 5.57. The number of nitrogen functional groups attached to an aromatic ring is 1. The van der Waals surface area contributed by atoms with E-state index in [9.17, 15) is 0 Å². The maximum absolute atomic E-state index is 6.14. The van der Waals surface area contributed by atoms with Crippen LogP contribution in [0.25, 0.3) is 0 Å². The van der Waals surface area contributed by atoms with Crippen molar-refractivity contribution in [1.29, 1.82) is 0 Å². The number of hydrogen-bond donors (Lipinski definition) is 1. The number of ether oxygens (including phenoxy) is 1. The lowest BCUT2D eigenvalue weighted by atomic mass is 10.2. The van der Waals surface area contributed by atoms with E-state index in [1.165, 1.54) is 6.33 Å². The first-order chi connectivity index (χ1) is 8.11. The lowest BCUT2D eigenvalue weighted by Gasteiger charge is -2.30. The fourth-order valence-corrected chi connectivity index (χ4v) is 1.73. The van der Waals surface area contributed by atoms with E-state index in [1.807, 2.05) is 0 Å². The highest BCUT2D eigenvalue weighted by molar-refractivity contribution is 6.35. The molecule has 0 aromatic carbocycles. The second-order valence-electron chi connectivity index (χ2n) is 3.84. The van der Waals surface area contributed by atoms with Gasteiger partial charge in [0.05, 0.1) is 6.61 Å². The Morgan fingerprint density at radius 2 is 2.24 bits per heavy atom. The van der Waals surface area contributed by atoms with Crippen LogP contribution in [0, 0.1) is 0 Å². The van der Waals surface area contributed by atoms with Crippen LogP contribution in [-0.2, 0) is 4.74 Å². The van der Waals surface area contributed by atoms with Crippen LogP contribution >= 0.6 is 11.6 Å². The molecule has 2 N–H and O–H groups in total. The van der Waals surface area contributed by atoms with Crippen molar-refractivity contribution in [3.63, 3.8) is 0 Å². The molecule has 0 amide bonds. The summed E-state index contributed by atoms with van der Waals surface area (Å²) in [6, 6.07) is 0.317. The van der Waals surface area contributed by atoms with Crippen molar-refractivity contribution in [3.8, 4) is 0 Å².